The van der Waals surface area contributed by atoms with Crippen LogP contribution in [0.3, 0.4) is 0 Å². The van der Waals surface area contributed by atoms with Crippen molar-refractivity contribution >= 4 is 5.84 Å². The molecule has 0 spiro atoms. The first-order valence-corrected chi connectivity index (χ1v) is 5.92. The van der Waals surface area contributed by atoms with Crippen LogP contribution in [-0.2, 0) is 6.42 Å². The zero-order valence-electron chi connectivity index (χ0n) is 10.4. The second kappa shape index (κ2) is 6.42. The minimum absolute atomic E-state index is 0.736. The molecule has 0 bridgehead atoms. The van der Waals surface area contributed by atoms with E-state index in [-0.39, 0.29) is 0 Å². The molecule has 92 valence electrons. The van der Waals surface area contributed by atoms with Crippen molar-refractivity contribution in [2.24, 2.45) is 4.99 Å². The number of nitrogens with one attached hydrogen (secondary N) is 2. The van der Waals surface area contributed by atoms with Crippen LogP contribution in [0.5, 0.6) is 0 Å². The van der Waals surface area contributed by atoms with E-state index >= 15 is 0 Å². The Kier molecular flexibility index (Phi) is 4.33. The fraction of sp³-hybridized carbons (Fsp3) is 0.214. The van der Waals surface area contributed by atoms with Crippen LogP contribution in [-0.4, -0.2) is 24.4 Å². The van der Waals surface area contributed by atoms with Gasteiger partial charge in [0, 0.05) is 31.9 Å². The Bertz CT molecular complexity index is 508. The minimum Gasteiger partial charge on any atom is -0.373 e. The van der Waals surface area contributed by atoms with E-state index in [1.54, 1.807) is 6.20 Å². The van der Waals surface area contributed by atoms with Crippen LogP contribution < -0.4 is 10.6 Å². The van der Waals surface area contributed by atoms with Gasteiger partial charge in [-0.3, -0.25) is 4.98 Å². The lowest BCUT2D eigenvalue weighted by atomic mass is 10.3. The van der Waals surface area contributed by atoms with Gasteiger partial charge < -0.3 is 10.6 Å². The van der Waals surface area contributed by atoms with Gasteiger partial charge in [0.2, 0.25) is 0 Å². The maximum absolute atomic E-state index is 4.39. The molecular weight excluding hydrogens is 224 g/mol. The van der Waals surface area contributed by atoms with Gasteiger partial charge in [-0.25, -0.2) is 4.99 Å². The predicted molar refractivity (Wildman–Crippen MR) is 73.2 cm³/mol. The first kappa shape index (κ1) is 12.1. The maximum Gasteiger partial charge on any atom is 0.172 e. The van der Waals surface area contributed by atoms with Crippen LogP contribution in [0.4, 0.5) is 0 Å². The Morgan fingerprint density at radius 2 is 2.28 bits per heavy atom. The lowest BCUT2D eigenvalue weighted by Crippen LogP contribution is -2.20. The Morgan fingerprint density at radius 3 is 3.06 bits per heavy atom. The fourth-order valence-corrected chi connectivity index (χ4v) is 1.54. The second-order valence-corrected chi connectivity index (χ2v) is 3.76. The van der Waals surface area contributed by atoms with E-state index in [0.717, 1.165) is 30.3 Å². The van der Waals surface area contributed by atoms with Crippen LogP contribution in [0, 0.1) is 0 Å². The monoisotopic (exact) mass is 240 g/mol. The molecular formula is C14H16N4. The van der Waals surface area contributed by atoms with Crippen molar-refractivity contribution < 1.29 is 0 Å². The molecule has 1 aliphatic heterocycles. The molecule has 2 rings (SSSR count). The number of nitrogens with zero attached hydrogens (tertiary/aromatic N) is 2. The topological polar surface area (TPSA) is 49.3 Å². The first-order chi connectivity index (χ1) is 8.88. The standard InChI is InChI=1S/C14H16N4/c1-15-13-7-2-3-8-14(18-13)17-11-9-12-6-4-5-10-16-12/h2-7,10,17H,9,11H2,1H3,(H,15,18). The molecule has 2 heterocycles. The maximum atomic E-state index is 4.39. The van der Waals surface area contributed by atoms with Gasteiger partial charge in [0.15, 0.2) is 5.82 Å². The molecule has 0 aromatic carbocycles. The highest BCUT2D eigenvalue weighted by Gasteiger charge is 1.98. The third-order valence-electron chi connectivity index (χ3n) is 2.46. The van der Waals surface area contributed by atoms with E-state index in [2.05, 4.69) is 26.3 Å². The molecule has 4 heteroatoms. The molecule has 1 aromatic rings. The van der Waals surface area contributed by atoms with E-state index in [1.165, 1.54) is 0 Å². The molecule has 0 radical (unpaired) electrons. The Balaban J connectivity index is 1.89. The number of hydrogen-bond acceptors (Lipinski definition) is 4. The van der Waals surface area contributed by atoms with Crippen molar-refractivity contribution in [2.45, 2.75) is 6.42 Å². The summed E-state index contributed by atoms with van der Waals surface area (Å²) in [5.41, 5.74) is 4.15. The van der Waals surface area contributed by atoms with Crippen LogP contribution >= 0.6 is 0 Å². The molecule has 0 saturated heterocycles. The lowest BCUT2D eigenvalue weighted by Gasteiger charge is -2.05. The summed E-state index contributed by atoms with van der Waals surface area (Å²) in [5, 5.41) is 6.25. The number of aliphatic imine (C=N–C) groups is 1. The molecule has 4 nitrogen and oxygen atoms in total. The van der Waals surface area contributed by atoms with Gasteiger partial charge in [0.25, 0.3) is 0 Å². The van der Waals surface area contributed by atoms with Crippen LogP contribution in [0.2, 0.25) is 0 Å². The van der Waals surface area contributed by atoms with Crippen molar-refractivity contribution in [3.63, 3.8) is 0 Å². The highest BCUT2D eigenvalue weighted by atomic mass is 15.1. The molecule has 0 saturated carbocycles. The first-order valence-electron chi connectivity index (χ1n) is 5.92. The highest BCUT2D eigenvalue weighted by Crippen LogP contribution is 1.98. The largest absolute Gasteiger partial charge is 0.373 e. The summed E-state index contributed by atoms with van der Waals surface area (Å²) in [6, 6.07) is 5.93. The molecule has 0 fully saturated rings. The number of aromatic nitrogens is 1. The molecule has 2 N–H and O–H groups in total. The summed E-state index contributed by atoms with van der Waals surface area (Å²) < 4.78 is 0. The quantitative estimate of drug-likeness (QED) is 0.782. The number of rotatable bonds is 4. The third kappa shape index (κ3) is 3.61. The summed E-state index contributed by atoms with van der Waals surface area (Å²) in [6.45, 7) is 0.785. The van der Waals surface area contributed by atoms with E-state index < -0.39 is 0 Å². The molecule has 1 aromatic heterocycles. The number of allylic oxidation sites excluding steroid dienone is 2. The molecule has 0 unspecified atom stereocenters. The Hall–Kier alpha value is -2.32. The zero-order chi connectivity index (χ0) is 12.6. The third-order valence-corrected chi connectivity index (χ3v) is 2.46. The zero-order valence-corrected chi connectivity index (χ0v) is 10.4. The van der Waals surface area contributed by atoms with Crippen molar-refractivity contribution in [1.82, 2.24) is 15.6 Å². The van der Waals surface area contributed by atoms with E-state index in [4.69, 9.17) is 0 Å². The highest BCUT2D eigenvalue weighted by molar-refractivity contribution is 5.93. The van der Waals surface area contributed by atoms with Gasteiger partial charge in [-0.1, -0.05) is 17.9 Å². The van der Waals surface area contributed by atoms with E-state index in [0.29, 0.717) is 0 Å². The van der Waals surface area contributed by atoms with Gasteiger partial charge >= 0.3 is 0 Å². The average Bonchev–Trinajstić information content (AvgIpc) is 2.65. The van der Waals surface area contributed by atoms with Crippen molar-refractivity contribution in [2.75, 3.05) is 13.6 Å². The molecule has 18 heavy (non-hydrogen) atoms. The number of likely N-dealkylation sites (N-methyl/N-ethyl adjacent to an activating group) is 1. The number of amidine groups is 1. The summed E-state index contributed by atoms with van der Waals surface area (Å²) in [5.74, 6) is 1.55. The summed E-state index contributed by atoms with van der Waals surface area (Å²) in [4.78, 5) is 8.66. The summed E-state index contributed by atoms with van der Waals surface area (Å²) in [6.07, 6.45) is 8.32. The van der Waals surface area contributed by atoms with Gasteiger partial charge in [-0.05, 0) is 24.3 Å². The second-order valence-electron chi connectivity index (χ2n) is 3.76. The average molecular weight is 240 g/mol. The van der Waals surface area contributed by atoms with Crippen LogP contribution in [0.25, 0.3) is 0 Å². The molecule has 0 atom stereocenters. The van der Waals surface area contributed by atoms with Crippen LogP contribution in [0.15, 0.2) is 59.2 Å². The Morgan fingerprint density at radius 1 is 1.33 bits per heavy atom. The molecule has 1 aliphatic rings. The van der Waals surface area contributed by atoms with Crippen molar-refractivity contribution in [3.8, 4) is 0 Å². The molecule has 0 amide bonds. The normalized spacial score (nSPS) is 13.6. The lowest BCUT2D eigenvalue weighted by molar-refractivity contribution is 0.766. The van der Waals surface area contributed by atoms with Gasteiger partial charge in [0.05, 0.1) is 0 Å². The number of hydrogen-bond donors (Lipinski definition) is 2. The predicted octanol–water partition coefficient (Wildman–Crippen LogP) is 1.40. The summed E-state index contributed by atoms with van der Waals surface area (Å²) in [7, 11) is 1.85. The van der Waals surface area contributed by atoms with Gasteiger partial charge in [-0.2, -0.15) is 0 Å². The van der Waals surface area contributed by atoms with E-state index in [1.807, 2.05) is 43.5 Å². The van der Waals surface area contributed by atoms with Gasteiger partial charge in [0.1, 0.15) is 5.84 Å². The number of pyridine rings is 1. The molecule has 0 aliphatic carbocycles. The van der Waals surface area contributed by atoms with Crippen molar-refractivity contribution in [1.29, 1.82) is 0 Å². The fourth-order valence-electron chi connectivity index (χ4n) is 1.54. The Labute approximate surface area is 107 Å². The van der Waals surface area contributed by atoms with Crippen LogP contribution in [0.1, 0.15) is 5.69 Å². The van der Waals surface area contributed by atoms with Crippen molar-refractivity contribution in [3.05, 3.63) is 59.9 Å². The minimum atomic E-state index is 0.736. The summed E-state index contributed by atoms with van der Waals surface area (Å²) >= 11 is 0. The van der Waals surface area contributed by atoms with Gasteiger partial charge in [-0.15, -0.1) is 0 Å². The smallest absolute Gasteiger partial charge is 0.172 e. The van der Waals surface area contributed by atoms with E-state index in [9.17, 15) is 0 Å². The SMILES string of the molecule is CNC1=NC(NCCc2ccccn2)=C=CC=C1.